The first kappa shape index (κ1) is 16.6. The fourth-order valence-corrected chi connectivity index (χ4v) is 1.40. The minimum atomic E-state index is 0.787. The highest BCUT2D eigenvalue weighted by Gasteiger charge is 2.03. The van der Waals surface area contributed by atoms with Gasteiger partial charge in [0.2, 0.25) is 0 Å². The molecular formula is C15H27N3. The molecule has 3 heteroatoms. The third kappa shape index (κ3) is 5.82. The molecule has 0 aliphatic carbocycles. The summed E-state index contributed by atoms with van der Waals surface area (Å²) in [5.41, 5.74) is 3.73. The summed E-state index contributed by atoms with van der Waals surface area (Å²) in [7, 11) is 3.87. The lowest BCUT2D eigenvalue weighted by Crippen LogP contribution is -2.15. The number of benzene rings is 1. The summed E-state index contributed by atoms with van der Waals surface area (Å²) in [6.45, 7) is 9.27. The van der Waals surface area contributed by atoms with Crippen molar-refractivity contribution in [3.8, 4) is 0 Å². The molecule has 0 fully saturated rings. The monoisotopic (exact) mass is 249 g/mol. The Kier molecular flexibility index (Phi) is 8.93. The van der Waals surface area contributed by atoms with Crippen LogP contribution in [0.4, 0.5) is 5.69 Å². The molecule has 0 bridgehead atoms. The van der Waals surface area contributed by atoms with E-state index in [2.05, 4.69) is 56.3 Å². The molecule has 1 aromatic carbocycles. The lowest BCUT2D eigenvalue weighted by atomic mass is 10.1. The molecule has 0 heterocycles. The first-order valence-corrected chi connectivity index (χ1v) is 6.55. The van der Waals surface area contributed by atoms with Crippen LogP contribution in [0.2, 0.25) is 0 Å². The summed E-state index contributed by atoms with van der Waals surface area (Å²) in [5.74, 6) is 0. The Labute approximate surface area is 112 Å². The van der Waals surface area contributed by atoms with E-state index in [9.17, 15) is 0 Å². The summed E-state index contributed by atoms with van der Waals surface area (Å²) >= 11 is 0. The number of nitrogens with zero attached hydrogens (tertiary/aromatic N) is 2. The molecule has 1 aromatic rings. The Balaban J connectivity index is 0.000000873. The van der Waals surface area contributed by atoms with Gasteiger partial charge in [-0.25, -0.2) is 0 Å². The fourth-order valence-electron chi connectivity index (χ4n) is 1.40. The van der Waals surface area contributed by atoms with E-state index in [4.69, 9.17) is 0 Å². The van der Waals surface area contributed by atoms with Crippen LogP contribution in [0.15, 0.2) is 23.3 Å². The predicted octanol–water partition coefficient (Wildman–Crippen LogP) is 3.36. The van der Waals surface area contributed by atoms with Crippen molar-refractivity contribution in [2.45, 2.75) is 34.1 Å². The zero-order valence-corrected chi connectivity index (χ0v) is 12.6. The lowest BCUT2D eigenvalue weighted by Gasteiger charge is -2.16. The van der Waals surface area contributed by atoms with Gasteiger partial charge in [-0.2, -0.15) is 5.10 Å². The SMILES string of the molecule is CCC.CNC/C=N\N(C)c1cccc(C)c1C. The van der Waals surface area contributed by atoms with Crippen molar-refractivity contribution < 1.29 is 0 Å². The van der Waals surface area contributed by atoms with Crippen LogP contribution in [-0.2, 0) is 0 Å². The number of rotatable bonds is 4. The molecule has 0 atom stereocenters. The Morgan fingerprint density at radius 3 is 2.44 bits per heavy atom. The van der Waals surface area contributed by atoms with Gasteiger partial charge in [0.05, 0.1) is 5.69 Å². The maximum atomic E-state index is 4.33. The van der Waals surface area contributed by atoms with Gasteiger partial charge in [0, 0.05) is 19.8 Å². The molecule has 0 aliphatic rings. The molecular weight excluding hydrogens is 222 g/mol. The van der Waals surface area contributed by atoms with E-state index in [0.717, 1.165) is 12.2 Å². The largest absolute Gasteiger partial charge is 0.315 e. The van der Waals surface area contributed by atoms with Gasteiger partial charge in [-0.1, -0.05) is 32.4 Å². The van der Waals surface area contributed by atoms with Crippen molar-refractivity contribution in [1.82, 2.24) is 5.32 Å². The third-order valence-corrected chi connectivity index (χ3v) is 2.47. The molecule has 18 heavy (non-hydrogen) atoms. The molecule has 0 radical (unpaired) electrons. The van der Waals surface area contributed by atoms with Crippen LogP contribution < -0.4 is 10.3 Å². The first-order chi connectivity index (χ1) is 8.58. The van der Waals surface area contributed by atoms with Crippen LogP contribution in [0, 0.1) is 13.8 Å². The average Bonchev–Trinajstić information content (AvgIpc) is 2.34. The van der Waals surface area contributed by atoms with Gasteiger partial charge in [0.25, 0.3) is 0 Å². The van der Waals surface area contributed by atoms with Crippen molar-refractivity contribution in [3.05, 3.63) is 29.3 Å². The Morgan fingerprint density at radius 1 is 1.28 bits per heavy atom. The topological polar surface area (TPSA) is 27.6 Å². The second kappa shape index (κ2) is 9.66. The van der Waals surface area contributed by atoms with Gasteiger partial charge in [0.15, 0.2) is 0 Å². The van der Waals surface area contributed by atoms with E-state index in [-0.39, 0.29) is 0 Å². The second-order valence-electron chi connectivity index (χ2n) is 4.31. The Bertz CT molecular complexity index is 359. The van der Waals surface area contributed by atoms with Crippen molar-refractivity contribution in [1.29, 1.82) is 0 Å². The molecule has 0 aromatic heterocycles. The van der Waals surface area contributed by atoms with E-state index in [0.29, 0.717) is 0 Å². The van der Waals surface area contributed by atoms with E-state index < -0.39 is 0 Å². The van der Waals surface area contributed by atoms with Crippen LogP contribution >= 0.6 is 0 Å². The predicted molar refractivity (Wildman–Crippen MR) is 82.7 cm³/mol. The summed E-state index contributed by atoms with van der Waals surface area (Å²) in [4.78, 5) is 0. The molecule has 0 unspecified atom stereocenters. The first-order valence-electron chi connectivity index (χ1n) is 6.55. The van der Waals surface area contributed by atoms with Crippen LogP contribution in [0.5, 0.6) is 0 Å². The molecule has 3 nitrogen and oxygen atoms in total. The normalized spacial score (nSPS) is 10.1. The van der Waals surface area contributed by atoms with Crippen molar-refractivity contribution in [2.24, 2.45) is 5.10 Å². The zero-order chi connectivity index (χ0) is 14.0. The summed E-state index contributed by atoms with van der Waals surface area (Å²) < 4.78 is 0. The average molecular weight is 249 g/mol. The number of hydrogen-bond donors (Lipinski definition) is 1. The highest BCUT2D eigenvalue weighted by molar-refractivity contribution is 5.63. The van der Waals surface area contributed by atoms with Gasteiger partial charge in [0.1, 0.15) is 0 Å². The third-order valence-electron chi connectivity index (χ3n) is 2.47. The number of nitrogens with one attached hydrogen (secondary N) is 1. The van der Waals surface area contributed by atoms with Crippen LogP contribution in [0.25, 0.3) is 0 Å². The van der Waals surface area contributed by atoms with Crippen LogP contribution in [0.1, 0.15) is 31.4 Å². The lowest BCUT2D eigenvalue weighted by molar-refractivity contribution is 0.937. The Hall–Kier alpha value is -1.35. The van der Waals surface area contributed by atoms with Gasteiger partial charge < -0.3 is 5.32 Å². The number of hydrazone groups is 1. The van der Waals surface area contributed by atoms with Crippen molar-refractivity contribution in [3.63, 3.8) is 0 Å². The van der Waals surface area contributed by atoms with E-state index in [1.54, 1.807) is 0 Å². The van der Waals surface area contributed by atoms with Gasteiger partial charge in [-0.05, 0) is 38.1 Å². The molecule has 0 amide bonds. The molecule has 0 saturated carbocycles. The van der Waals surface area contributed by atoms with E-state index in [1.807, 2.05) is 25.3 Å². The number of aryl methyl sites for hydroxylation is 1. The van der Waals surface area contributed by atoms with E-state index >= 15 is 0 Å². The molecule has 102 valence electrons. The molecule has 1 N–H and O–H groups in total. The van der Waals surface area contributed by atoms with Gasteiger partial charge in [-0.15, -0.1) is 0 Å². The maximum Gasteiger partial charge on any atom is 0.0622 e. The van der Waals surface area contributed by atoms with Crippen molar-refractivity contribution >= 4 is 11.9 Å². The summed E-state index contributed by atoms with van der Waals surface area (Å²) in [5, 5.41) is 9.26. The zero-order valence-electron chi connectivity index (χ0n) is 12.6. The smallest absolute Gasteiger partial charge is 0.0622 e. The van der Waals surface area contributed by atoms with E-state index in [1.165, 1.54) is 17.5 Å². The van der Waals surface area contributed by atoms with Crippen LogP contribution in [-0.4, -0.2) is 26.9 Å². The fraction of sp³-hybridized carbons (Fsp3) is 0.533. The number of anilines is 1. The van der Waals surface area contributed by atoms with Gasteiger partial charge >= 0.3 is 0 Å². The number of hydrogen-bond acceptors (Lipinski definition) is 3. The van der Waals surface area contributed by atoms with Crippen LogP contribution in [0.3, 0.4) is 0 Å². The van der Waals surface area contributed by atoms with Gasteiger partial charge in [-0.3, -0.25) is 5.01 Å². The highest BCUT2D eigenvalue weighted by atomic mass is 15.4. The van der Waals surface area contributed by atoms with Crippen molar-refractivity contribution in [2.75, 3.05) is 25.6 Å². The molecule has 1 rings (SSSR count). The maximum absolute atomic E-state index is 4.33. The summed E-state index contributed by atoms with van der Waals surface area (Å²) in [6, 6.07) is 6.25. The second-order valence-corrected chi connectivity index (χ2v) is 4.31. The minimum Gasteiger partial charge on any atom is -0.315 e. The Morgan fingerprint density at radius 2 is 1.89 bits per heavy atom. The minimum absolute atomic E-state index is 0.787. The standard InChI is InChI=1S/C12H19N3.C3H8/c1-10-6-5-7-12(11(10)2)15(4)14-9-8-13-3;1-3-2/h5-7,9,13H,8H2,1-4H3;3H2,1-2H3/b14-9-;. The quantitative estimate of drug-likeness (QED) is 0.654. The highest BCUT2D eigenvalue weighted by Crippen LogP contribution is 2.21. The summed E-state index contributed by atoms with van der Waals surface area (Å²) in [6.07, 6.45) is 3.11. The molecule has 0 saturated heterocycles. The molecule has 0 spiro atoms. The molecule has 0 aliphatic heterocycles.